The fraction of sp³-hybridized carbons (Fsp3) is 0.833. The Morgan fingerprint density at radius 2 is 1.81 bits per heavy atom. The van der Waals surface area contributed by atoms with Crippen LogP contribution in [0.15, 0.2) is 0 Å². The van der Waals surface area contributed by atoms with Crippen LogP contribution in [-0.2, 0) is 9.59 Å². The summed E-state index contributed by atoms with van der Waals surface area (Å²) in [5, 5.41) is 13.7. The van der Waals surface area contributed by atoms with Gasteiger partial charge in [-0.2, -0.15) is 0 Å². The highest BCUT2D eigenvalue weighted by molar-refractivity contribution is 5.84. The van der Waals surface area contributed by atoms with Crippen LogP contribution in [0.1, 0.15) is 39.5 Å². The third-order valence-electron chi connectivity index (χ3n) is 3.09. The molecule has 1 N–H and O–H groups in total. The largest absolute Gasteiger partial charge is 0.550 e. The maximum Gasteiger partial charge on any atom is 0.223 e. The molecule has 1 fully saturated rings. The minimum absolute atomic E-state index is 0.123. The standard InChI is InChI=1S/C12H21NO3/c1-8(2)7-13-11(14)9-5-3-4-6-10(9)12(15)16/h8-10H,3-7H2,1-2H3,(H,13,14)(H,15,16)/p-1/t9-,10+/m1/s1. The van der Waals surface area contributed by atoms with E-state index in [0.717, 1.165) is 12.8 Å². The lowest BCUT2D eigenvalue weighted by Crippen LogP contribution is -2.45. The van der Waals surface area contributed by atoms with E-state index in [2.05, 4.69) is 5.32 Å². The highest BCUT2D eigenvalue weighted by Gasteiger charge is 2.31. The average Bonchev–Trinajstić information content (AvgIpc) is 2.25. The summed E-state index contributed by atoms with van der Waals surface area (Å²) >= 11 is 0. The zero-order chi connectivity index (χ0) is 12.1. The normalized spacial score (nSPS) is 25.4. The minimum Gasteiger partial charge on any atom is -0.550 e. The van der Waals surface area contributed by atoms with Crippen LogP contribution >= 0.6 is 0 Å². The first-order valence-electron chi connectivity index (χ1n) is 6.01. The quantitative estimate of drug-likeness (QED) is 0.750. The molecule has 1 saturated carbocycles. The van der Waals surface area contributed by atoms with E-state index in [9.17, 15) is 14.7 Å². The van der Waals surface area contributed by atoms with Crippen molar-refractivity contribution >= 4 is 11.9 Å². The van der Waals surface area contributed by atoms with Crippen LogP contribution in [0.5, 0.6) is 0 Å². The summed E-state index contributed by atoms with van der Waals surface area (Å²) in [5.74, 6) is -1.81. The monoisotopic (exact) mass is 226 g/mol. The SMILES string of the molecule is CC(C)CNC(=O)[C@@H]1CCCC[C@@H]1C(=O)[O-]. The molecular formula is C12H20NO3-. The number of hydrogen-bond acceptors (Lipinski definition) is 3. The molecule has 0 radical (unpaired) electrons. The molecule has 0 aromatic rings. The molecule has 1 aliphatic rings. The molecule has 1 amide bonds. The van der Waals surface area contributed by atoms with E-state index in [-0.39, 0.29) is 5.91 Å². The topological polar surface area (TPSA) is 69.2 Å². The van der Waals surface area contributed by atoms with Crippen molar-refractivity contribution in [1.29, 1.82) is 0 Å². The van der Waals surface area contributed by atoms with Crippen molar-refractivity contribution in [2.45, 2.75) is 39.5 Å². The highest BCUT2D eigenvalue weighted by atomic mass is 16.4. The first-order valence-corrected chi connectivity index (χ1v) is 6.01. The van der Waals surface area contributed by atoms with E-state index in [1.54, 1.807) is 0 Å². The Bertz CT molecular complexity index is 263. The molecule has 0 aromatic carbocycles. The number of amides is 1. The van der Waals surface area contributed by atoms with E-state index in [0.29, 0.717) is 25.3 Å². The predicted molar refractivity (Wildman–Crippen MR) is 58.3 cm³/mol. The summed E-state index contributed by atoms with van der Waals surface area (Å²) in [6, 6.07) is 0. The van der Waals surface area contributed by atoms with E-state index in [4.69, 9.17) is 0 Å². The van der Waals surface area contributed by atoms with Crippen molar-refractivity contribution in [2.24, 2.45) is 17.8 Å². The Morgan fingerprint density at radius 3 is 2.31 bits per heavy atom. The maximum atomic E-state index is 11.8. The van der Waals surface area contributed by atoms with E-state index in [1.807, 2.05) is 13.8 Å². The van der Waals surface area contributed by atoms with Gasteiger partial charge in [0, 0.05) is 24.3 Å². The molecule has 4 heteroatoms. The zero-order valence-electron chi connectivity index (χ0n) is 9.99. The molecule has 2 atom stereocenters. The first kappa shape index (κ1) is 13.0. The van der Waals surface area contributed by atoms with Gasteiger partial charge >= 0.3 is 0 Å². The Kier molecular flexibility index (Phi) is 4.77. The number of rotatable bonds is 4. The van der Waals surface area contributed by atoms with Crippen molar-refractivity contribution in [2.75, 3.05) is 6.54 Å². The van der Waals surface area contributed by atoms with Crippen molar-refractivity contribution < 1.29 is 14.7 Å². The molecule has 0 aromatic heterocycles. The van der Waals surface area contributed by atoms with Crippen molar-refractivity contribution in [3.05, 3.63) is 0 Å². The molecule has 0 spiro atoms. The van der Waals surface area contributed by atoms with Crippen LogP contribution in [0.3, 0.4) is 0 Å². The summed E-state index contributed by atoms with van der Waals surface area (Å²) in [6.45, 7) is 4.63. The summed E-state index contributed by atoms with van der Waals surface area (Å²) in [6.07, 6.45) is 3.06. The van der Waals surface area contributed by atoms with Crippen LogP contribution in [0, 0.1) is 17.8 Å². The third kappa shape index (κ3) is 3.51. The lowest BCUT2D eigenvalue weighted by atomic mass is 9.78. The van der Waals surface area contributed by atoms with Gasteiger partial charge in [0.2, 0.25) is 5.91 Å². The second-order valence-electron chi connectivity index (χ2n) is 4.96. The van der Waals surface area contributed by atoms with Crippen LogP contribution in [0.4, 0.5) is 0 Å². The van der Waals surface area contributed by atoms with Crippen molar-refractivity contribution in [3.8, 4) is 0 Å². The highest BCUT2D eigenvalue weighted by Crippen LogP contribution is 2.29. The van der Waals surface area contributed by atoms with Crippen LogP contribution in [0.25, 0.3) is 0 Å². The number of carbonyl (C=O) groups is 2. The number of carbonyl (C=O) groups excluding carboxylic acids is 2. The third-order valence-corrected chi connectivity index (χ3v) is 3.09. The number of hydrogen-bond donors (Lipinski definition) is 1. The lowest BCUT2D eigenvalue weighted by Gasteiger charge is -2.31. The summed E-state index contributed by atoms with van der Waals surface area (Å²) in [4.78, 5) is 22.7. The van der Waals surface area contributed by atoms with Gasteiger partial charge in [0.1, 0.15) is 0 Å². The van der Waals surface area contributed by atoms with Crippen molar-refractivity contribution in [1.82, 2.24) is 5.32 Å². The van der Waals surface area contributed by atoms with Gasteiger partial charge < -0.3 is 15.2 Å². The van der Waals surface area contributed by atoms with Gasteiger partial charge in [0.25, 0.3) is 0 Å². The predicted octanol–water partition coefficient (Wildman–Crippen LogP) is 0.315. The molecule has 0 bridgehead atoms. The van der Waals surface area contributed by atoms with Gasteiger partial charge in [-0.3, -0.25) is 4.79 Å². The van der Waals surface area contributed by atoms with Crippen molar-refractivity contribution in [3.63, 3.8) is 0 Å². The van der Waals surface area contributed by atoms with Gasteiger partial charge in [-0.05, 0) is 18.8 Å². The van der Waals surface area contributed by atoms with E-state index in [1.165, 1.54) is 0 Å². The average molecular weight is 226 g/mol. The van der Waals surface area contributed by atoms with E-state index >= 15 is 0 Å². The minimum atomic E-state index is -1.08. The zero-order valence-corrected chi connectivity index (χ0v) is 9.99. The van der Waals surface area contributed by atoms with E-state index < -0.39 is 17.8 Å². The summed E-state index contributed by atoms with van der Waals surface area (Å²) < 4.78 is 0. The van der Waals surface area contributed by atoms with Crippen LogP contribution in [-0.4, -0.2) is 18.4 Å². The fourth-order valence-electron chi connectivity index (χ4n) is 2.16. The second kappa shape index (κ2) is 5.87. The number of nitrogens with one attached hydrogen (secondary N) is 1. The Morgan fingerprint density at radius 1 is 1.25 bits per heavy atom. The van der Waals surface area contributed by atoms with Gasteiger partial charge in [-0.15, -0.1) is 0 Å². The molecule has 0 heterocycles. The van der Waals surface area contributed by atoms with Crippen LogP contribution in [0.2, 0.25) is 0 Å². The Balaban J connectivity index is 2.54. The number of carboxylic acids is 1. The molecule has 0 unspecified atom stereocenters. The first-order chi connectivity index (χ1) is 7.52. The molecule has 4 nitrogen and oxygen atoms in total. The molecule has 1 aliphatic carbocycles. The van der Waals surface area contributed by atoms with Gasteiger partial charge in [-0.1, -0.05) is 26.7 Å². The Labute approximate surface area is 96.4 Å². The molecule has 0 aliphatic heterocycles. The molecule has 16 heavy (non-hydrogen) atoms. The molecule has 92 valence electrons. The van der Waals surface area contributed by atoms with Gasteiger partial charge in [0.05, 0.1) is 0 Å². The summed E-state index contributed by atoms with van der Waals surface area (Å²) in [7, 11) is 0. The second-order valence-corrected chi connectivity index (χ2v) is 4.96. The Hall–Kier alpha value is -1.06. The lowest BCUT2D eigenvalue weighted by molar-refractivity contribution is -0.314. The molecule has 1 rings (SSSR count). The number of carboxylic acid groups (broad SMARTS) is 1. The smallest absolute Gasteiger partial charge is 0.223 e. The molecular weight excluding hydrogens is 206 g/mol. The number of aliphatic carboxylic acids is 1. The summed E-state index contributed by atoms with van der Waals surface area (Å²) in [5.41, 5.74) is 0. The fourth-order valence-corrected chi connectivity index (χ4v) is 2.16. The maximum absolute atomic E-state index is 11.8. The van der Waals surface area contributed by atoms with Gasteiger partial charge in [0.15, 0.2) is 0 Å². The van der Waals surface area contributed by atoms with Gasteiger partial charge in [-0.25, -0.2) is 0 Å². The molecule has 0 saturated heterocycles. The van der Waals surface area contributed by atoms with Crippen LogP contribution < -0.4 is 10.4 Å².